The van der Waals surface area contributed by atoms with Crippen LogP contribution in [0.25, 0.3) is 0 Å². The first kappa shape index (κ1) is 19.1. The topological polar surface area (TPSA) is 96.7 Å². The lowest BCUT2D eigenvalue weighted by atomic mass is 10.2. The Hall–Kier alpha value is -1.68. The van der Waals surface area contributed by atoms with Crippen molar-refractivity contribution < 1.29 is 21.3 Å². The molecule has 3 rings (SSSR count). The first-order valence-corrected chi connectivity index (χ1v) is 11.7. The van der Waals surface area contributed by atoms with Gasteiger partial charge in [-0.15, -0.1) is 0 Å². The van der Waals surface area contributed by atoms with E-state index in [2.05, 4.69) is 9.62 Å². The van der Waals surface area contributed by atoms with Crippen molar-refractivity contribution in [3.8, 4) is 0 Å². The predicted molar refractivity (Wildman–Crippen MR) is 97.0 cm³/mol. The van der Waals surface area contributed by atoms with Crippen molar-refractivity contribution in [2.75, 3.05) is 25.9 Å². The van der Waals surface area contributed by atoms with Crippen LogP contribution in [0.2, 0.25) is 0 Å². The molecule has 0 saturated carbocycles. The zero-order chi connectivity index (χ0) is 18.8. The van der Waals surface area contributed by atoms with Crippen LogP contribution in [0.5, 0.6) is 0 Å². The van der Waals surface area contributed by atoms with Crippen molar-refractivity contribution in [2.24, 2.45) is 0 Å². The minimum absolute atomic E-state index is 0.0320. The Morgan fingerprint density at radius 3 is 2.19 bits per heavy atom. The lowest BCUT2D eigenvalue weighted by Crippen LogP contribution is -2.36. The zero-order valence-corrected chi connectivity index (χ0v) is 16.1. The van der Waals surface area contributed by atoms with Gasteiger partial charge in [0.05, 0.1) is 22.1 Å². The van der Waals surface area contributed by atoms with E-state index in [1.165, 1.54) is 24.3 Å². The Bertz CT molecular complexity index is 930. The summed E-state index contributed by atoms with van der Waals surface area (Å²) in [5, 5.41) is 0. The number of nitrogens with one attached hydrogen (secondary N) is 1. The molecule has 1 atom stereocenters. The molecule has 26 heavy (non-hydrogen) atoms. The molecule has 2 aromatic rings. The number of likely N-dealkylation sites (tertiary alicyclic amines) is 1. The molecule has 2 heterocycles. The molecule has 1 aliphatic rings. The third kappa shape index (κ3) is 4.35. The maximum atomic E-state index is 12.6. The average molecular weight is 399 g/mol. The second kappa shape index (κ2) is 7.51. The summed E-state index contributed by atoms with van der Waals surface area (Å²) < 4.78 is 56.3. The third-order valence-electron chi connectivity index (χ3n) is 4.48. The molecule has 0 aliphatic carbocycles. The van der Waals surface area contributed by atoms with E-state index >= 15 is 0 Å². The minimum atomic E-state index is -3.75. The SMILES string of the molecule is CS(=O)(=O)c1ccc(S(=O)(=O)NCC(c2ccco2)N2CCCC2)cc1. The van der Waals surface area contributed by atoms with E-state index in [4.69, 9.17) is 4.42 Å². The van der Waals surface area contributed by atoms with Gasteiger partial charge in [-0.25, -0.2) is 21.6 Å². The highest BCUT2D eigenvalue weighted by Crippen LogP contribution is 2.25. The Morgan fingerprint density at radius 1 is 1.04 bits per heavy atom. The number of benzene rings is 1. The van der Waals surface area contributed by atoms with Crippen molar-refractivity contribution >= 4 is 19.9 Å². The smallest absolute Gasteiger partial charge is 0.240 e. The molecule has 9 heteroatoms. The van der Waals surface area contributed by atoms with Crippen LogP contribution in [0.15, 0.2) is 56.9 Å². The lowest BCUT2D eigenvalue weighted by molar-refractivity contribution is 0.216. The molecule has 1 unspecified atom stereocenters. The van der Waals surface area contributed by atoms with E-state index in [-0.39, 0.29) is 22.4 Å². The van der Waals surface area contributed by atoms with Gasteiger partial charge in [0.25, 0.3) is 0 Å². The fourth-order valence-corrected chi connectivity index (χ4v) is 4.75. The van der Waals surface area contributed by atoms with Gasteiger partial charge in [-0.3, -0.25) is 4.90 Å². The van der Waals surface area contributed by atoms with Crippen LogP contribution in [-0.4, -0.2) is 47.6 Å². The Morgan fingerprint density at radius 2 is 1.65 bits per heavy atom. The number of sulfonamides is 1. The summed E-state index contributed by atoms with van der Waals surface area (Å²) in [6, 6.07) is 8.67. The molecule has 0 bridgehead atoms. The average Bonchev–Trinajstić information content (AvgIpc) is 3.28. The van der Waals surface area contributed by atoms with E-state index in [0.717, 1.165) is 37.9 Å². The van der Waals surface area contributed by atoms with E-state index in [9.17, 15) is 16.8 Å². The van der Waals surface area contributed by atoms with Gasteiger partial charge in [-0.2, -0.15) is 0 Å². The Balaban J connectivity index is 1.75. The van der Waals surface area contributed by atoms with Gasteiger partial charge in [-0.1, -0.05) is 0 Å². The largest absolute Gasteiger partial charge is 0.468 e. The van der Waals surface area contributed by atoms with Crippen LogP contribution in [-0.2, 0) is 19.9 Å². The molecule has 1 fully saturated rings. The van der Waals surface area contributed by atoms with Gasteiger partial charge in [0.1, 0.15) is 5.76 Å². The van der Waals surface area contributed by atoms with Gasteiger partial charge in [0.2, 0.25) is 10.0 Å². The Kier molecular flexibility index (Phi) is 5.52. The number of rotatable bonds is 7. The second-order valence-corrected chi connectivity index (χ2v) is 10.2. The summed E-state index contributed by atoms with van der Waals surface area (Å²) in [5.41, 5.74) is 0. The van der Waals surface area contributed by atoms with E-state index in [1.54, 1.807) is 12.3 Å². The highest BCUT2D eigenvalue weighted by molar-refractivity contribution is 7.90. The molecular weight excluding hydrogens is 376 g/mol. The Labute approximate surface area is 154 Å². The molecule has 1 N–H and O–H groups in total. The normalized spacial score (nSPS) is 17.4. The van der Waals surface area contributed by atoms with Crippen LogP contribution in [0.1, 0.15) is 24.6 Å². The number of furan rings is 1. The summed E-state index contributed by atoms with van der Waals surface area (Å²) in [5.74, 6) is 0.724. The van der Waals surface area contributed by atoms with E-state index in [1.807, 2.05) is 6.07 Å². The number of hydrogen-bond donors (Lipinski definition) is 1. The first-order valence-electron chi connectivity index (χ1n) is 8.34. The maximum absolute atomic E-state index is 12.6. The molecule has 0 radical (unpaired) electrons. The standard InChI is InChI=1S/C17H22N2O5S2/c1-25(20,21)14-6-8-15(9-7-14)26(22,23)18-13-16(17-5-4-12-24-17)19-10-2-3-11-19/h4-9,12,16,18H,2-3,10-11,13H2,1H3. The van der Waals surface area contributed by atoms with Crippen LogP contribution >= 0.6 is 0 Å². The number of sulfone groups is 1. The minimum Gasteiger partial charge on any atom is -0.468 e. The number of nitrogens with zero attached hydrogens (tertiary/aromatic N) is 1. The molecule has 142 valence electrons. The van der Waals surface area contributed by atoms with Crippen molar-refractivity contribution in [1.82, 2.24) is 9.62 Å². The fourth-order valence-electron chi connectivity index (χ4n) is 3.08. The van der Waals surface area contributed by atoms with Gasteiger partial charge < -0.3 is 4.42 Å². The molecular formula is C17H22N2O5S2. The van der Waals surface area contributed by atoms with Gasteiger partial charge in [0.15, 0.2) is 9.84 Å². The van der Waals surface area contributed by atoms with Crippen LogP contribution < -0.4 is 4.72 Å². The lowest BCUT2D eigenvalue weighted by Gasteiger charge is -2.25. The first-order chi connectivity index (χ1) is 12.3. The zero-order valence-electron chi connectivity index (χ0n) is 14.5. The van der Waals surface area contributed by atoms with Crippen LogP contribution in [0.3, 0.4) is 0 Å². The highest BCUT2D eigenvalue weighted by Gasteiger charge is 2.27. The summed E-state index contributed by atoms with van der Waals surface area (Å²) in [4.78, 5) is 2.32. The van der Waals surface area contributed by atoms with Crippen molar-refractivity contribution in [3.05, 3.63) is 48.4 Å². The second-order valence-electron chi connectivity index (χ2n) is 6.37. The summed E-state index contributed by atoms with van der Waals surface area (Å²) in [6.07, 6.45) is 4.82. The van der Waals surface area contributed by atoms with E-state index < -0.39 is 19.9 Å². The quantitative estimate of drug-likeness (QED) is 0.764. The monoisotopic (exact) mass is 398 g/mol. The maximum Gasteiger partial charge on any atom is 0.240 e. The third-order valence-corrected chi connectivity index (χ3v) is 7.05. The van der Waals surface area contributed by atoms with Gasteiger partial charge in [0, 0.05) is 12.8 Å². The molecule has 1 aliphatic heterocycles. The molecule has 7 nitrogen and oxygen atoms in total. The van der Waals surface area contributed by atoms with Gasteiger partial charge in [-0.05, 0) is 62.3 Å². The van der Waals surface area contributed by atoms with Crippen molar-refractivity contribution in [1.29, 1.82) is 0 Å². The van der Waals surface area contributed by atoms with Crippen LogP contribution in [0.4, 0.5) is 0 Å². The molecule has 1 aromatic heterocycles. The summed E-state index contributed by atoms with van der Waals surface area (Å²) >= 11 is 0. The highest BCUT2D eigenvalue weighted by atomic mass is 32.2. The predicted octanol–water partition coefficient (Wildman–Crippen LogP) is 1.80. The molecule has 1 aromatic carbocycles. The van der Waals surface area contributed by atoms with Gasteiger partial charge >= 0.3 is 0 Å². The van der Waals surface area contributed by atoms with Crippen molar-refractivity contribution in [2.45, 2.75) is 28.7 Å². The van der Waals surface area contributed by atoms with Crippen LogP contribution in [0, 0.1) is 0 Å². The molecule has 0 amide bonds. The van der Waals surface area contributed by atoms with Crippen molar-refractivity contribution in [3.63, 3.8) is 0 Å². The number of hydrogen-bond acceptors (Lipinski definition) is 6. The molecule has 0 spiro atoms. The molecule has 1 saturated heterocycles. The van der Waals surface area contributed by atoms with E-state index in [0.29, 0.717) is 0 Å². The summed E-state index contributed by atoms with van der Waals surface area (Å²) in [7, 11) is -7.12. The summed E-state index contributed by atoms with van der Waals surface area (Å²) in [6.45, 7) is 1.98. The fraction of sp³-hybridized carbons (Fsp3) is 0.412.